The highest BCUT2D eigenvalue weighted by Gasteiger charge is 2.58. The number of hydrogen-bond donors (Lipinski definition) is 1. The first-order valence-electron chi connectivity index (χ1n) is 10.7. The molecule has 1 N–H and O–H groups in total. The van der Waals surface area contributed by atoms with Crippen LogP contribution in [0.4, 0.5) is 27.6 Å². The molecule has 0 saturated carbocycles. The molecule has 0 radical (unpaired) electrons. The molecular formula is C25H23ClF5N3O. The number of aromatic nitrogens is 1. The van der Waals surface area contributed by atoms with Gasteiger partial charge in [-0.2, -0.15) is 22.0 Å². The topological polar surface area (TPSA) is 45.2 Å². The molecule has 0 aliphatic heterocycles. The third kappa shape index (κ3) is 6.28. The Morgan fingerprint density at radius 1 is 0.943 bits per heavy atom. The molecule has 4 nitrogen and oxygen atoms in total. The van der Waals surface area contributed by atoms with Crippen LogP contribution in [0.15, 0.2) is 60.7 Å². The summed E-state index contributed by atoms with van der Waals surface area (Å²) >= 11 is 5.99. The number of benzene rings is 2. The molecule has 0 atom stereocenters. The van der Waals surface area contributed by atoms with Crippen LogP contribution in [0.5, 0.6) is 0 Å². The monoisotopic (exact) mass is 511 g/mol. The van der Waals surface area contributed by atoms with Crippen LogP contribution < -0.4 is 5.32 Å². The zero-order valence-electron chi connectivity index (χ0n) is 19.0. The average molecular weight is 512 g/mol. The number of alkyl halides is 5. The lowest BCUT2D eigenvalue weighted by Gasteiger charge is -2.24. The van der Waals surface area contributed by atoms with Crippen LogP contribution in [0.3, 0.4) is 0 Å². The first kappa shape index (κ1) is 26.4. The van der Waals surface area contributed by atoms with Gasteiger partial charge in [0.2, 0.25) is 0 Å². The number of nitrogens with zero attached hydrogens (tertiary/aromatic N) is 2. The quantitative estimate of drug-likeness (QED) is 0.273. The first-order valence-corrected chi connectivity index (χ1v) is 11.0. The van der Waals surface area contributed by atoms with Gasteiger partial charge in [0.05, 0.1) is 5.69 Å². The number of hydrogen-bond acceptors (Lipinski definition) is 3. The van der Waals surface area contributed by atoms with Crippen molar-refractivity contribution in [3.63, 3.8) is 0 Å². The Labute approximate surface area is 204 Å². The van der Waals surface area contributed by atoms with Gasteiger partial charge < -0.3 is 10.2 Å². The second-order valence-corrected chi connectivity index (χ2v) is 8.40. The molecule has 1 amide bonds. The Balaban J connectivity index is 1.88. The molecule has 1 heterocycles. The fourth-order valence-corrected chi connectivity index (χ4v) is 3.57. The number of nitrogens with one attached hydrogen (secondary N) is 1. The predicted octanol–water partition coefficient (Wildman–Crippen LogP) is 6.62. The van der Waals surface area contributed by atoms with E-state index in [0.717, 1.165) is 35.4 Å². The number of pyridine rings is 1. The highest BCUT2D eigenvalue weighted by Crippen LogP contribution is 2.43. The SMILES string of the molecule is CNc1ccc(Cl)nc1C(=O)N(CCc1ccc(C)cc1)Cc1ccc(C(F)(F)C(F)(F)F)cc1. The average Bonchev–Trinajstić information content (AvgIpc) is 2.82. The van der Waals surface area contributed by atoms with Crippen molar-refractivity contribution in [3.8, 4) is 0 Å². The van der Waals surface area contributed by atoms with Crippen LogP contribution >= 0.6 is 11.6 Å². The maximum atomic E-state index is 13.6. The van der Waals surface area contributed by atoms with Gasteiger partial charge in [0.25, 0.3) is 5.91 Å². The lowest BCUT2D eigenvalue weighted by Crippen LogP contribution is -2.34. The normalized spacial score (nSPS) is 11.9. The number of halogens is 6. The fraction of sp³-hybridized carbons (Fsp3) is 0.280. The summed E-state index contributed by atoms with van der Waals surface area (Å²) in [6, 6.07) is 14.7. The molecule has 3 aromatic rings. The summed E-state index contributed by atoms with van der Waals surface area (Å²) in [4.78, 5) is 19.0. The molecule has 3 rings (SSSR count). The van der Waals surface area contributed by atoms with Crippen LogP contribution in [0, 0.1) is 6.92 Å². The van der Waals surface area contributed by atoms with E-state index in [4.69, 9.17) is 11.6 Å². The maximum absolute atomic E-state index is 13.6. The van der Waals surface area contributed by atoms with Crippen molar-refractivity contribution in [2.45, 2.75) is 32.0 Å². The summed E-state index contributed by atoms with van der Waals surface area (Å²) in [5.74, 6) is -5.44. The highest BCUT2D eigenvalue weighted by atomic mass is 35.5. The molecule has 10 heteroatoms. The predicted molar refractivity (Wildman–Crippen MR) is 125 cm³/mol. The standard InChI is InChI=1S/C25H23ClF5N3O/c1-16-3-5-17(6-4-16)13-14-34(23(35)22-20(32-2)11-12-21(26)33-22)15-18-7-9-19(10-8-18)24(27,28)25(29,30)31/h3-12,32H,13-15H2,1-2H3. The van der Waals surface area contributed by atoms with Gasteiger partial charge in [0.1, 0.15) is 5.15 Å². The third-order valence-corrected chi connectivity index (χ3v) is 5.67. The fourth-order valence-electron chi connectivity index (χ4n) is 3.42. The van der Waals surface area contributed by atoms with E-state index in [-0.39, 0.29) is 23.9 Å². The van der Waals surface area contributed by atoms with Gasteiger partial charge >= 0.3 is 12.1 Å². The third-order valence-electron chi connectivity index (χ3n) is 5.46. The molecule has 35 heavy (non-hydrogen) atoms. The van der Waals surface area contributed by atoms with Crippen LogP contribution in [0.25, 0.3) is 0 Å². The van der Waals surface area contributed by atoms with Gasteiger partial charge in [-0.3, -0.25) is 4.79 Å². The van der Waals surface area contributed by atoms with Crippen molar-refractivity contribution >= 4 is 23.2 Å². The zero-order valence-corrected chi connectivity index (χ0v) is 19.7. The molecule has 0 saturated heterocycles. The second kappa shape index (κ2) is 10.6. The molecule has 0 unspecified atom stereocenters. The van der Waals surface area contributed by atoms with E-state index in [0.29, 0.717) is 17.7 Å². The molecule has 0 bridgehead atoms. The van der Waals surface area contributed by atoms with E-state index in [1.165, 1.54) is 11.0 Å². The number of carbonyl (C=O) groups excluding carboxylic acids is 1. The Bertz CT molecular complexity index is 1170. The van der Waals surface area contributed by atoms with E-state index >= 15 is 0 Å². The molecule has 2 aromatic carbocycles. The Morgan fingerprint density at radius 2 is 1.54 bits per heavy atom. The van der Waals surface area contributed by atoms with Gasteiger partial charge in [-0.15, -0.1) is 0 Å². The van der Waals surface area contributed by atoms with Gasteiger partial charge in [-0.25, -0.2) is 4.98 Å². The summed E-state index contributed by atoms with van der Waals surface area (Å²) in [6.07, 6.45) is -5.21. The van der Waals surface area contributed by atoms with Gasteiger partial charge in [0, 0.05) is 25.7 Å². The zero-order chi connectivity index (χ0) is 25.8. The number of rotatable bonds is 8. The maximum Gasteiger partial charge on any atom is 0.458 e. The van der Waals surface area contributed by atoms with Crippen molar-refractivity contribution < 1.29 is 26.7 Å². The molecule has 186 valence electrons. The Hall–Kier alpha value is -3.20. The number of aryl methyl sites for hydroxylation is 1. The molecule has 0 fully saturated rings. The van der Waals surface area contributed by atoms with Crippen molar-refractivity contribution in [1.82, 2.24) is 9.88 Å². The smallest absolute Gasteiger partial charge is 0.386 e. The molecule has 1 aromatic heterocycles. The van der Waals surface area contributed by atoms with E-state index in [9.17, 15) is 26.7 Å². The molecule has 0 aliphatic carbocycles. The summed E-state index contributed by atoms with van der Waals surface area (Å²) in [5, 5.41) is 3.00. The van der Waals surface area contributed by atoms with Crippen molar-refractivity contribution in [2.24, 2.45) is 0 Å². The van der Waals surface area contributed by atoms with E-state index in [1.807, 2.05) is 31.2 Å². The summed E-state index contributed by atoms with van der Waals surface area (Å²) in [6.45, 7) is 2.18. The number of carbonyl (C=O) groups is 1. The minimum absolute atomic E-state index is 0.0279. The summed E-state index contributed by atoms with van der Waals surface area (Å²) < 4.78 is 65.4. The van der Waals surface area contributed by atoms with E-state index in [1.54, 1.807) is 13.1 Å². The largest absolute Gasteiger partial charge is 0.458 e. The van der Waals surface area contributed by atoms with Gasteiger partial charge in [-0.1, -0.05) is 65.7 Å². The van der Waals surface area contributed by atoms with Crippen molar-refractivity contribution in [3.05, 3.63) is 93.8 Å². The lowest BCUT2D eigenvalue weighted by molar-refractivity contribution is -0.289. The molecule has 0 spiro atoms. The van der Waals surface area contributed by atoms with Crippen molar-refractivity contribution in [1.29, 1.82) is 0 Å². The van der Waals surface area contributed by atoms with Gasteiger partial charge in [-0.05, 0) is 36.6 Å². The molecular weight excluding hydrogens is 489 g/mol. The summed E-state index contributed by atoms with van der Waals surface area (Å²) in [5.41, 5.74) is 1.79. The lowest BCUT2D eigenvalue weighted by atomic mass is 10.0. The minimum atomic E-state index is -5.70. The van der Waals surface area contributed by atoms with Gasteiger partial charge in [0.15, 0.2) is 5.69 Å². The minimum Gasteiger partial charge on any atom is -0.386 e. The van der Waals surface area contributed by atoms with E-state index < -0.39 is 23.6 Å². The second-order valence-electron chi connectivity index (χ2n) is 8.01. The van der Waals surface area contributed by atoms with Crippen LogP contribution in [-0.2, 0) is 18.9 Å². The van der Waals surface area contributed by atoms with Crippen LogP contribution in [0.1, 0.15) is 32.7 Å². The Morgan fingerprint density at radius 3 is 2.11 bits per heavy atom. The molecule has 0 aliphatic rings. The highest BCUT2D eigenvalue weighted by molar-refractivity contribution is 6.29. The summed E-state index contributed by atoms with van der Waals surface area (Å²) in [7, 11) is 1.62. The number of anilines is 1. The Kier molecular flexibility index (Phi) is 8.00. The van der Waals surface area contributed by atoms with E-state index in [2.05, 4.69) is 10.3 Å². The first-order chi connectivity index (χ1) is 16.4. The van der Waals surface area contributed by atoms with Crippen LogP contribution in [-0.4, -0.2) is 35.6 Å². The number of amides is 1. The van der Waals surface area contributed by atoms with Crippen LogP contribution in [0.2, 0.25) is 5.15 Å². The van der Waals surface area contributed by atoms with Crippen molar-refractivity contribution in [2.75, 3.05) is 18.9 Å².